The number of nitrogens with zero attached hydrogens (tertiary/aromatic N) is 2. The first-order valence-electron chi connectivity index (χ1n) is 8.94. The van der Waals surface area contributed by atoms with Gasteiger partial charge in [0.15, 0.2) is 0 Å². The third-order valence-electron chi connectivity index (χ3n) is 4.86. The molecule has 7 nitrogen and oxygen atoms in total. The van der Waals surface area contributed by atoms with Gasteiger partial charge in [-0.15, -0.1) is 0 Å². The second-order valence-electron chi connectivity index (χ2n) is 7.13. The third-order valence-corrected chi connectivity index (χ3v) is 5.62. The summed E-state index contributed by atoms with van der Waals surface area (Å²) in [5, 5.41) is 2.89. The lowest BCUT2D eigenvalue weighted by atomic mass is 10.1. The summed E-state index contributed by atoms with van der Waals surface area (Å²) in [5.41, 5.74) is -0.0652. The molecule has 2 amide bonds. The second-order valence-corrected chi connectivity index (χ2v) is 8.91. The maximum Gasteiger partial charge on any atom is 0.317 e. The maximum atomic E-state index is 13.9. The highest BCUT2D eigenvalue weighted by Gasteiger charge is 2.31. The summed E-state index contributed by atoms with van der Waals surface area (Å²) >= 11 is 0. The van der Waals surface area contributed by atoms with Crippen molar-refractivity contribution < 1.29 is 22.0 Å². The number of hydrogen-bond acceptors (Lipinski definition) is 4. The summed E-state index contributed by atoms with van der Waals surface area (Å²) < 4.78 is 53.2. The number of rotatable bonds is 4. The summed E-state index contributed by atoms with van der Waals surface area (Å²) in [5.74, 6) is -1.24. The van der Waals surface area contributed by atoms with Crippen molar-refractivity contribution in [3.8, 4) is 0 Å². The fourth-order valence-electron chi connectivity index (χ4n) is 3.70. The Kier molecular flexibility index (Phi) is 5.85. The number of anilines is 1. The lowest BCUT2D eigenvalue weighted by Crippen LogP contribution is -2.53. The molecule has 0 saturated carbocycles. The van der Waals surface area contributed by atoms with Crippen LogP contribution in [0, 0.1) is 11.6 Å². The Morgan fingerprint density at radius 3 is 2.48 bits per heavy atom. The van der Waals surface area contributed by atoms with Crippen LogP contribution in [0.1, 0.15) is 19.3 Å². The molecule has 0 aromatic heterocycles. The van der Waals surface area contributed by atoms with E-state index in [-0.39, 0.29) is 23.8 Å². The van der Waals surface area contributed by atoms with E-state index in [1.165, 1.54) is 18.2 Å². The topological polar surface area (TPSA) is 81.8 Å². The number of carbonyl (C=O) groups is 1. The number of hydrogen-bond donors (Lipinski definition) is 2. The monoisotopic (exact) mass is 402 g/mol. The zero-order valence-corrected chi connectivity index (χ0v) is 15.9. The van der Waals surface area contributed by atoms with Gasteiger partial charge in [0.25, 0.3) is 0 Å². The molecule has 1 aromatic carbocycles. The number of nitrogens with one attached hydrogen (secondary N) is 2. The zero-order chi connectivity index (χ0) is 19.6. The fraction of sp³-hybridized carbons (Fsp3) is 0.588. The molecule has 0 radical (unpaired) electrons. The smallest absolute Gasteiger partial charge is 0.317 e. The van der Waals surface area contributed by atoms with Crippen LogP contribution < -0.4 is 14.9 Å². The molecule has 2 saturated heterocycles. The minimum atomic E-state index is -3.33. The number of benzene rings is 1. The fourth-order valence-corrected chi connectivity index (χ4v) is 4.50. The number of urea groups is 1. The Balaban J connectivity index is 1.56. The van der Waals surface area contributed by atoms with Crippen molar-refractivity contribution in [1.29, 1.82) is 0 Å². The highest BCUT2D eigenvalue weighted by molar-refractivity contribution is 7.88. The number of carbonyl (C=O) groups excluding carboxylic acids is 1. The number of amides is 2. The molecule has 0 spiro atoms. The van der Waals surface area contributed by atoms with E-state index in [2.05, 4.69) is 10.0 Å². The SMILES string of the molecule is CS(=O)(=O)NC1CCCN(C(=O)NC2CCN(c3c(F)cccc3F)C2)C1. The highest BCUT2D eigenvalue weighted by atomic mass is 32.2. The minimum Gasteiger partial charge on any atom is -0.365 e. The molecule has 1 aromatic rings. The van der Waals surface area contributed by atoms with Crippen LogP contribution in [0.25, 0.3) is 0 Å². The van der Waals surface area contributed by atoms with Crippen LogP contribution in [-0.2, 0) is 10.0 Å². The molecule has 10 heteroatoms. The van der Waals surface area contributed by atoms with Crippen molar-refractivity contribution in [2.75, 3.05) is 37.3 Å². The van der Waals surface area contributed by atoms with Gasteiger partial charge >= 0.3 is 6.03 Å². The lowest BCUT2D eigenvalue weighted by molar-refractivity contribution is 0.174. The molecule has 2 aliphatic heterocycles. The first kappa shape index (κ1) is 19.8. The first-order valence-corrected chi connectivity index (χ1v) is 10.8. The van der Waals surface area contributed by atoms with Crippen LogP contribution in [0.4, 0.5) is 19.3 Å². The standard InChI is InChI=1S/C17H24F2N4O3S/c1-27(25,26)21-13-4-3-8-23(11-13)17(24)20-12-7-9-22(10-12)16-14(18)5-2-6-15(16)19/h2,5-6,12-13,21H,3-4,7-11H2,1H3,(H,20,24). The summed E-state index contributed by atoms with van der Waals surface area (Å²) in [6, 6.07) is 2.95. The van der Waals surface area contributed by atoms with Gasteiger partial charge in [0.05, 0.1) is 6.26 Å². The Labute approximate surface area is 157 Å². The number of sulfonamides is 1. The van der Waals surface area contributed by atoms with E-state index in [0.29, 0.717) is 45.4 Å². The van der Waals surface area contributed by atoms with Crippen LogP contribution in [-0.4, -0.2) is 63.9 Å². The summed E-state index contributed by atoms with van der Waals surface area (Å²) in [4.78, 5) is 15.7. The molecule has 3 rings (SSSR count). The summed E-state index contributed by atoms with van der Waals surface area (Å²) in [6.07, 6.45) is 3.07. The normalized spacial score (nSPS) is 23.5. The van der Waals surface area contributed by atoms with Gasteiger partial charge < -0.3 is 15.1 Å². The Morgan fingerprint density at radius 1 is 1.11 bits per heavy atom. The molecule has 0 aliphatic carbocycles. The third kappa shape index (κ3) is 5.07. The van der Waals surface area contributed by atoms with Crippen molar-refractivity contribution >= 4 is 21.7 Å². The van der Waals surface area contributed by atoms with Gasteiger partial charge in [-0.1, -0.05) is 6.07 Å². The van der Waals surface area contributed by atoms with Crippen LogP contribution in [0.15, 0.2) is 18.2 Å². The minimum absolute atomic E-state index is 0.0652. The van der Waals surface area contributed by atoms with Crippen LogP contribution in [0.3, 0.4) is 0 Å². The van der Waals surface area contributed by atoms with Crippen molar-refractivity contribution in [2.24, 2.45) is 0 Å². The molecule has 2 unspecified atom stereocenters. The number of piperidine rings is 1. The largest absolute Gasteiger partial charge is 0.365 e. The molecule has 0 bridgehead atoms. The molecule has 2 fully saturated rings. The lowest BCUT2D eigenvalue weighted by Gasteiger charge is -2.33. The number of likely N-dealkylation sites (tertiary alicyclic amines) is 1. The van der Waals surface area contributed by atoms with Gasteiger partial charge in [0, 0.05) is 38.3 Å². The van der Waals surface area contributed by atoms with E-state index < -0.39 is 21.7 Å². The van der Waals surface area contributed by atoms with Gasteiger partial charge in [0.1, 0.15) is 17.3 Å². The molecule has 2 N–H and O–H groups in total. The van der Waals surface area contributed by atoms with E-state index in [1.54, 1.807) is 9.80 Å². The van der Waals surface area contributed by atoms with Crippen LogP contribution >= 0.6 is 0 Å². The predicted octanol–water partition coefficient (Wildman–Crippen LogP) is 1.27. The molecule has 150 valence electrons. The number of halogens is 2. The van der Waals surface area contributed by atoms with E-state index in [1.807, 2.05) is 0 Å². The molecule has 2 heterocycles. The Hall–Kier alpha value is -1.94. The van der Waals surface area contributed by atoms with Gasteiger partial charge in [-0.05, 0) is 31.4 Å². The van der Waals surface area contributed by atoms with Crippen molar-refractivity contribution in [3.05, 3.63) is 29.8 Å². The quantitative estimate of drug-likeness (QED) is 0.795. The van der Waals surface area contributed by atoms with E-state index in [9.17, 15) is 22.0 Å². The van der Waals surface area contributed by atoms with Gasteiger partial charge in [-0.2, -0.15) is 0 Å². The predicted molar refractivity (Wildman–Crippen MR) is 98.1 cm³/mol. The molecule has 27 heavy (non-hydrogen) atoms. The molecule has 2 atom stereocenters. The highest BCUT2D eigenvalue weighted by Crippen LogP contribution is 2.26. The van der Waals surface area contributed by atoms with Crippen LogP contribution in [0.5, 0.6) is 0 Å². The molecule has 2 aliphatic rings. The summed E-state index contributed by atoms with van der Waals surface area (Å²) in [7, 11) is -3.33. The first-order chi connectivity index (χ1) is 12.7. The average molecular weight is 402 g/mol. The Bertz CT molecular complexity index is 785. The van der Waals surface area contributed by atoms with Gasteiger partial charge in [-0.25, -0.2) is 26.7 Å². The zero-order valence-electron chi connectivity index (χ0n) is 15.1. The van der Waals surface area contributed by atoms with Crippen molar-refractivity contribution in [2.45, 2.75) is 31.3 Å². The Morgan fingerprint density at radius 2 is 1.81 bits per heavy atom. The van der Waals surface area contributed by atoms with Gasteiger partial charge in [-0.3, -0.25) is 0 Å². The maximum absolute atomic E-state index is 13.9. The van der Waals surface area contributed by atoms with Crippen molar-refractivity contribution in [1.82, 2.24) is 14.9 Å². The number of para-hydroxylation sites is 1. The second kappa shape index (κ2) is 7.97. The molecular weight excluding hydrogens is 378 g/mol. The summed E-state index contributed by atoms with van der Waals surface area (Å²) in [6.45, 7) is 1.62. The van der Waals surface area contributed by atoms with E-state index in [0.717, 1.165) is 6.26 Å². The molecular formula is C17H24F2N4O3S. The van der Waals surface area contributed by atoms with E-state index >= 15 is 0 Å². The van der Waals surface area contributed by atoms with Crippen LogP contribution in [0.2, 0.25) is 0 Å². The average Bonchev–Trinajstić information content (AvgIpc) is 3.01. The van der Waals surface area contributed by atoms with Gasteiger partial charge in [0.2, 0.25) is 10.0 Å². The van der Waals surface area contributed by atoms with Crippen molar-refractivity contribution in [3.63, 3.8) is 0 Å². The van der Waals surface area contributed by atoms with E-state index in [4.69, 9.17) is 0 Å².